The molecule has 2 aromatic carbocycles. The second kappa shape index (κ2) is 6.96. The van der Waals surface area contributed by atoms with Crippen LogP contribution in [0.25, 0.3) is 21.3 Å². The van der Waals surface area contributed by atoms with E-state index in [1.165, 1.54) is 23.5 Å². The number of rotatable bonds is 4. The summed E-state index contributed by atoms with van der Waals surface area (Å²) in [5.74, 6) is 1.05. The van der Waals surface area contributed by atoms with Gasteiger partial charge in [0.2, 0.25) is 0 Å². The van der Waals surface area contributed by atoms with Crippen molar-refractivity contribution in [1.82, 2.24) is 9.55 Å². The highest BCUT2D eigenvalue weighted by Gasteiger charge is 2.16. The summed E-state index contributed by atoms with van der Waals surface area (Å²) >= 11 is 1.45. The Morgan fingerprint density at radius 1 is 1.19 bits per heavy atom. The Balaban J connectivity index is 1.85. The molecule has 136 valence electrons. The molecule has 2 aromatic heterocycles. The molecule has 27 heavy (non-hydrogen) atoms. The molecule has 0 radical (unpaired) electrons. The van der Waals surface area contributed by atoms with Crippen LogP contribution in [0, 0.1) is 12.7 Å². The van der Waals surface area contributed by atoms with Crippen molar-refractivity contribution in [2.45, 2.75) is 13.5 Å². The monoisotopic (exact) mass is 380 g/mol. The molecule has 4 nitrogen and oxygen atoms in total. The third-order valence-electron chi connectivity index (χ3n) is 4.52. The zero-order chi connectivity index (χ0) is 19.0. The number of benzene rings is 2. The quantitative estimate of drug-likeness (QED) is 0.518. The minimum atomic E-state index is -0.318. The van der Waals surface area contributed by atoms with E-state index in [2.05, 4.69) is 4.98 Å². The van der Waals surface area contributed by atoms with Gasteiger partial charge in [-0.1, -0.05) is 24.3 Å². The zero-order valence-corrected chi connectivity index (χ0v) is 15.7. The zero-order valence-electron chi connectivity index (χ0n) is 14.9. The van der Waals surface area contributed by atoms with Gasteiger partial charge in [-0.25, -0.2) is 9.37 Å². The third kappa shape index (κ3) is 3.24. The number of halogens is 1. The lowest BCUT2D eigenvalue weighted by Crippen LogP contribution is -2.24. The van der Waals surface area contributed by atoms with E-state index in [1.807, 2.05) is 29.6 Å². The molecule has 0 N–H and O–H groups in total. The van der Waals surface area contributed by atoms with Crippen molar-refractivity contribution in [2.75, 3.05) is 7.11 Å². The molecule has 0 atom stereocenters. The van der Waals surface area contributed by atoms with E-state index in [0.717, 1.165) is 22.4 Å². The molecule has 0 unspecified atom stereocenters. The van der Waals surface area contributed by atoms with Crippen LogP contribution in [0.1, 0.15) is 11.4 Å². The summed E-state index contributed by atoms with van der Waals surface area (Å²) < 4.78 is 20.3. The minimum absolute atomic E-state index is 0.117. The molecule has 4 rings (SSSR count). The van der Waals surface area contributed by atoms with Crippen molar-refractivity contribution < 1.29 is 9.13 Å². The first kappa shape index (κ1) is 17.4. The highest BCUT2D eigenvalue weighted by atomic mass is 32.1. The fraction of sp³-hybridized carbons (Fsp3) is 0.143. The minimum Gasteiger partial charge on any atom is -0.497 e. The van der Waals surface area contributed by atoms with Crippen LogP contribution in [-0.4, -0.2) is 16.7 Å². The topological polar surface area (TPSA) is 44.1 Å². The maximum Gasteiger partial charge on any atom is 0.263 e. The van der Waals surface area contributed by atoms with Crippen LogP contribution in [0.15, 0.2) is 58.7 Å². The number of methoxy groups -OCH3 is 1. The number of fused-ring (bicyclic) bond motifs is 1. The second-order valence-corrected chi connectivity index (χ2v) is 7.10. The maximum absolute atomic E-state index is 13.5. The molecule has 0 aliphatic carbocycles. The van der Waals surface area contributed by atoms with E-state index >= 15 is 0 Å². The van der Waals surface area contributed by atoms with Crippen molar-refractivity contribution in [1.29, 1.82) is 0 Å². The largest absolute Gasteiger partial charge is 0.497 e. The van der Waals surface area contributed by atoms with Gasteiger partial charge in [-0.2, -0.15) is 0 Å². The Hall–Kier alpha value is -2.99. The molecule has 6 heteroatoms. The molecule has 2 heterocycles. The smallest absolute Gasteiger partial charge is 0.263 e. The summed E-state index contributed by atoms with van der Waals surface area (Å²) in [6, 6.07) is 13.9. The first-order valence-electron chi connectivity index (χ1n) is 8.44. The fourth-order valence-corrected chi connectivity index (χ4v) is 4.10. The number of aromatic nitrogens is 2. The van der Waals surface area contributed by atoms with Crippen molar-refractivity contribution in [3.63, 3.8) is 0 Å². The van der Waals surface area contributed by atoms with E-state index in [-0.39, 0.29) is 17.9 Å². The lowest BCUT2D eigenvalue weighted by molar-refractivity contribution is 0.415. The van der Waals surface area contributed by atoms with Gasteiger partial charge in [-0.3, -0.25) is 9.36 Å². The van der Waals surface area contributed by atoms with Crippen LogP contribution in [-0.2, 0) is 6.54 Å². The third-order valence-corrected chi connectivity index (χ3v) is 5.39. The van der Waals surface area contributed by atoms with Crippen molar-refractivity contribution in [3.8, 4) is 16.9 Å². The number of ether oxygens (including phenoxy) is 1. The van der Waals surface area contributed by atoms with Gasteiger partial charge in [0.15, 0.2) is 0 Å². The van der Waals surface area contributed by atoms with E-state index in [4.69, 9.17) is 4.74 Å². The van der Waals surface area contributed by atoms with Gasteiger partial charge in [0.25, 0.3) is 5.56 Å². The van der Waals surface area contributed by atoms with Gasteiger partial charge in [0.1, 0.15) is 22.2 Å². The molecule has 0 bridgehead atoms. The molecule has 0 spiro atoms. The Morgan fingerprint density at radius 3 is 2.67 bits per heavy atom. The van der Waals surface area contributed by atoms with Crippen LogP contribution in [0.5, 0.6) is 5.75 Å². The lowest BCUT2D eigenvalue weighted by atomic mass is 10.1. The molecule has 0 fully saturated rings. The van der Waals surface area contributed by atoms with E-state index in [0.29, 0.717) is 16.0 Å². The van der Waals surface area contributed by atoms with Crippen LogP contribution >= 0.6 is 11.3 Å². The molecular formula is C21H17FN2O2S. The Kier molecular flexibility index (Phi) is 4.49. The number of hydrogen-bond acceptors (Lipinski definition) is 4. The lowest BCUT2D eigenvalue weighted by Gasteiger charge is -2.10. The van der Waals surface area contributed by atoms with E-state index in [9.17, 15) is 9.18 Å². The molecule has 0 aliphatic rings. The SMILES string of the molecule is COc1ccc(-c2csc3nc(C)n(Cc4cccc(F)c4)c(=O)c23)cc1. The number of aryl methyl sites for hydroxylation is 1. The van der Waals surface area contributed by atoms with Crippen molar-refractivity contribution in [3.05, 3.63) is 81.5 Å². The molecule has 0 amide bonds. The molecule has 0 saturated heterocycles. The van der Waals surface area contributed by atoms with Gasteiger partial charge in [0.05, 0.1) is 19.0 Å². The summed E-state index contributed by atoms with van der Waals surface area (Å²) in [4.78, 5) is 18.5. The highest BCUT2D eigenvalue weighted by molar-refractivity contribution is 7.17. The molecule has 0 saturated carbocycles. The Morgan fingerprint density at radius 2 is 1.96 bits per heavy atom. The van der Waals surface area contributed by atoms with Gasteiger partial charge >= 0.3 is 0 Å². The normalized spacial score (nSPS) is 11.1. The van der Waals surface area contributed by atoms with Gasteiger partial charge in [-0.15, -0.1) is 11.3 Å². The van der Waals surface area contributed by atoms with Gasteiger partial charge < -0.3 is 4.74 Å². The van der Waals surface area contributed by atoms with E-state index < -0.39 is 0 Å². The average molecular weight is 380 g/mol. The maximum atomic E-state index is 13.5. The Labute approximate surface area is 159 Å². The molecule has 0 aliphatic heterocycles. The summed E-state index contributed by atoms with van der Waals surface area (Å²) in [5, 5.41) is 2.54. The highest BCUT2D eigenvalue weighted by Crippen LogP contribution is 2.32. The molecule has 4 aromatic rings. The number of nitrogens with zero attached hydrogens (tertiary/aromatic N) is 2. The number of thiophene rings is 1. The van der Waals surface area contributed by atoms with Crippen LogP contribution in [0.4, 0.5) is 4.39 Å². The van der Waals surface area contributed by atoms with E-state index in [1.54, 1.807) is 30.7 Å². The molecular weight excluding hydrogens is 363 g/mol. The van der Waals surface area contributed by atoms with Gasteiger partial charge in [-0.05, 0) is 42.3 Å². The standard InChI is InChI=1S/C21H17FN2O2S/c1-13-23-20-19(18(12-27-20)15-6-8-17(26-2)9-7-15)21(25)24(13)11-14-4-3-5-16(22)10-14/h3-10,12H,11H2,1-2H3. The van der Waals surface area contributed by atoms with Crippen LogP contribution < -0.4 is 10.3 Å². The average Bonchev–Trinajstić information content (AvgIpc) is 3.09. The summed E-state index contributed by atoms with van der Waals surface area (Å²) in [6.07, 6.45) is 0. The summed E-state index contributed by atoms with van der Waals surface area (Å²) in [5.41, 5.74) is 2.39. The predicted molar refractivity (Wildman–Crippen MR) is 106 cm³/mol. The first-order chi connectivity index (χ1) is 13.1. The summed E-state index contributed by atoms with van der Waals surface area (Å²) in [6.45, 7) is 2.08. The first-order valence-corrected chi connectivity index (χ1v) is 9.32. The van der Waals surface area contributed by atoms with Crippen molar-refractivity contribution in [2.24, 2.45) is 0 Å². The van der Waals surface area contributed by atoms with Crippen molar-refractivity contribution >= 4 is 21.6 Å². The fourth-order valence-electron chi connectivity index (χ4n) is 3.11. The van der Waals surface area contributed by atoms with Crippen LogP contribution in [0.3, 0.4) is 0 Å². The summed E-state index contributed by atoms with van der Waals surface area (Å²) in [7, 11) is 1.62. The Bertz CT molecular complexity index is 1180. The predicted octanol–water partition coefficient (Wildman–Crippen LogP) is 4.63. The van der Waals surface area contributed by atoms with Gasteiger partial charge in [0, 0.05) is 10.9 Å². The van der Waals surface area contributed by atoms with Crippen LogP contribution in [0.2, 0.25) is 0 Å². The second-order valence-electron chi connectivity index (χ2n) is 6.24. The number of hydrogen-bond donors (Lipinski definition) is 0.